The lowest BCUT2D eigenvalue weighted by molar-refractivity contribution is 0.603. The molecule has 2 heterocycles. The average Bonchev–Trinajstić information content (AvgIpc) is 2.83. The van der Waals surface area contributed by atoms with Crippen LogP contribution in [-0.2, 0) is 16.4 Å². The van der Waals surface area contributed by atoms with Gasteiger partial charge in [0.25, 0.3) is 10.0 Å². The largest absolute Gasteiger partial charge is 0.276 e. The van der Waals surface area contributed by atoms with E-state index >= 15 is 0 Å². The number of aryl methyl sites for hydroxylation is 2. The third-order valence-corrected chi connectivity index (χ3v) is 5.96. The SMILES string of the molecule is CCc1ccc(S(=O)(=O)Nc2c(C)ccnc2Cl)s1. The highest BCUT2D eigenvalue weighted by Gasteiger charge is 2.19. The first-order valence-electron chi connectivity index (χ1n) is 5.66. The molecule has 0 bridgehead atoms. The van der Waals surface area contributed by atoms with Crippen molar-refractivity contribution in [1.29, 1.82) is 0 Å². The predicted molar refractivity (Wildman–Crippen MR) is 78.5 cm³/mol. The van der Waals surface area contributed by atoms with Crippen LogP contribution in [0.1, 0.15) is 17.4 Å². The van der Waals surface area contributed by atoms with E-state index < -0.39 is 10.0 Å². The molecular weight excluding hydrogens is 304 g/mol. The van der Waals surface area contributed by atoms with Gasteiger partial charge in [0.05, 0.1) is 5.69 Å². The molecule has 1 N–H and O–H groups in total. The molecular formula is C12H13ClN2O2S2. The molecule has 19 heavy (non-hydrogen) atoms. The van der Waals surface area contributed by atoms with E-state index in [0.29, 0.717) is 5.69 Å². The monoisotopic (exact) mass is 316 g/mol. The molecule has 0 aliphatic carbocycles. The van der Waals surface area contributed by atoms with Crippen LogP contribution in [0.25, 0.3) is 0 Å². The number of sulfonamides is 1. The van der Waals surface area contributed by atoms with E-state index in [-0.39, 0.29) is 9.36 Å². The fraction of sp³-hybridized carbons (Fsp3) is 0.250. The Morgan fingerprint density at radius 1 is 1.37 bits per heavy atom. The van der Waals surface area contributed by atoms with E-state index in [1.165, 1.54) is 17.5 Å². The van der Waals surface area contributed by atoms with E-state index in [2.05, 4.69) is 9.71 Å². The highest BCUT2D eigenvalue weighted by atomic mass is 35.5. The number of nitrogens with one attached hydrogen (secondary N) is 1. The molecule has 0 amide bonds. The molecule has 0 aromatic carbocycles. The molecule has 2 aromatic rings. The van der Waals surface area contributed by atoms with Crippen molar-refractivity contribution in [2.75, 3.05) is 4.72 Å². The van der Waals surface area contributed by atoms with Crippen LogP contribution in [0.4, 0.5) is 5.69 Å². The van der Waals surface area contributed by atoms with Gasteiger partial charge >= 0.3 is 0 Å². The average molecular weight is 317 g/mol. The van der Waals surface area contributed by atoms with Crippen molar-refractivity contribution in [3.8, 4) is 0 Å². The standard InChI is InChI=1S/C12H13ClN2O2S2/c1-3-9-4-5-10(18-9)19(16,17)15-11-8(2)6-7-14-12(11)13/h4-7,15H,3H2,1-2H3. The van der Waals surface area contributed by atoms with Crippen molar-refractivity contribution in [3.63, 3.8) is 0 Å². The number of pyridine rings is 1. The first kappa shape index (κ1) is 14.3. The van der Waals surface area contributed by atoms with Gasteiger partial charge in [0, 0.05) is 11.1 Å². The van der Waals surface area contributed by atoms with Gasteiger partial charge in [-0.25, -0.2) is 13.4 Å². The fourth-order valence-electron chi connectivity index (χ4n) is 1.53. The van der Waals surface area contributed by atoms with Gasteiger partial charge in [-0.05, 0) is 37.1 Å². The summed E-state index contributed by atoms with van der Waals surface area (Å²) in [5.41, 5.74) is 1.06. The molecule has 102 valence electrons. The molecule has 0 unspecified atom stereocenters. The minimum absolute atomic E-state index is 0.149. The maximum absolute atomic E-state index is 12.2. The summed E-state index contributed by atoms with van der Waals surface area (Å²) in [6.07, 6.45) is 2.35. The fourth-order valence-corrected chi connectivity index (χ4v) is 4.27. The third-order valence-electron chi connectivity index (χ3n) is 2.60. The second kappa shape index (κ2) is 5.48. The Kier molecular flexibility index (Phi) is 4.13. The summed E-state index contributed by atoms with van der Waals surface area (Å²) in [6.45, 7) is 3.76. The summed E-state index contributed by atoms with van der Waals surface area (Å²) >= 11 is 7.18. The Morgan fingerprint density at radius 2 is 2.11 bits per heavy atom. The zero-order valence-corrected chi connectivity index (χ0v) is 12.9. The second-order valence-corrected chi connectivity index (χ2v) is 7.41. The molecule has 0 spiro atoms. The molecule has 0 aliphatic heterocycles. The topological polar surface area (TPSA) is 59.1 Å². The van der Waals surface area contributed by atoms with Crippen molar-refractivity contribution in [2.45, 2.75) is 24.5 Å². The van der Waals surface area contributed by atoms with Gasteiger partial charge in [-0.2, -0.15) is 0 Å². The summed E-state index contributed by atoms with van der Waals surface area (Å²) in [5, 5.41) is 0.149. The molecule has 2 rings (SSSR count). The first-order chi connectivity index (χ1) is 8.94. The second-order valence-electron chi connectivity index (χ2n) is 3.97. The van der Waals surface area contributed by atoms with Gasteiger partial charge in [0.1, 0.15) is 4.21 Å². The zero-order valence-electron chi connectivity index (χ0n) is 10.5. The Bertz CT molecular complexity index is 675. The maximum atomic E-state index is 12.2. The van der Waals surface area contributed by atoms with Crippen LogP contribution in [-0.4, -0.2) is 13.4 Å². The minimum atomic E-state index is -3.60. The Morgan fingerprint density at radius 3 is 2.68 bits per heavy atom. The molecule has 2 aromatic heterocycles. The van der Waals surface area contributed by atoms with Crippen LogP contribution < -0.4 is 4.72 Å². The van der Waals surface area contributed by atoms with Crippen LogP contribution in [0.2, 0.25) is 5.15 Å². The van der Waals surface area contributed by atoms with Gasteiger partial charge in [-0.1, -0.05) is 18.5 Å². The molecule has 4 nitrogen and oxygen atoms in total. The highest BCUT2D eigenvalue weighted by Crippen LogP contribution is 2.28. The Labute approximate surface area is 121 Å². The van der Waals surface area contributed by atoms with Crippen molar-refractivity contribution in [2.24, 2.45) is 0 Å². The molecule has 7 heteroatoms. The van der Waals surface area contributed by atoms with Gasteiger partial charge in [0.15, 0.2) is 5.15 Å². The first-order valence-corrected chi connectivity index (χ1v) is 8.34. The van der Waals surface area contributed by atoms with Gasteiger partial charge < -0.3 is 0 Å². The van der Waals surface area contributed by atoms with E-state index in [9.17, 15) is 8.42 Å². The van der Waals surface area contributed by atoms with Crippen molar-refractivity contribution < 1.29 is 8.42 Å². The van der Waals surface area contributed by atoms with Crippen LogP contribution in [0.5, 0.6) is 0 Å². The van der Waals surface area contributed by atoms with Crippen molar-refractivity contribution >= 4 is 38.6 Å². The van der Waals surface area contributed by atoms with Crippen LogP contribution in [0.15, 0.2) is 28.6 Å². The Balaban J connectivity index is 2.36. The Hall–Kier alpha value is -1.11. The number of hydrogen-bond donors (Lipinski definition) is 1. The summed E-state index contributed by atoms with van der Waals surface area (Å²) < 4.78 is 27.3. The number of rotatable bonds is 4. The van der Waals surface area contributed by atoms with Crippen LogP contribution >= 0.6 is 22.9 Å². The lowest BCUT2D eigenvalue weighted by atomic mass is 10.3. The van der Waals surface area contributed by atoms with E-state index in [1.54, 1.807) is 19.1 Å². The molecule has 0 atom stereocenters. The molecule has 0 fully saturated rings. The smallest absolute Gasteiger partial charge is 0.271 e. The third kappa shape index (κ3) is 3.08. The van der Waals surface area contributed by atoms with Gasteiger partial charge in [0.2, 0.25) is 0 Å². The van der Waals surface area contributed by atoms with Crippen LogP contribution in [0, 0.1) is 6.92 Å². The number of anilines is 1. The summed E-state index contributed by atoms with van der Waals surface area (Å²) in [5.74, 6) is 0. The van der Waals surface area contributed by atoms with Crippen molar-refractivity contribution in [1.82, 2.24) is 4.98 Å². The normalized spacial score (nSPS) is 11.5. The predicted octanol–water partition coefficient (Wildman–Crippen LogP) is 3.47. The number of aromatic nitrogens is 1. The summed E-state index contributed by atoms with van der Waals surface area (Å²) in [7, 11) is -3.60. The van der Waals surface area contributed by atoms with E-state index in [4.69, 9.17) is 11.6 Å². The number of thiophene rings is 1. The van der Waals surface area contributed by atoms with E-state index in [1.807, 2.05) is 13.0 Å². The van der Waals surface area contributed by atoms with Gasteiger partial charge in [-0.15, -0.1) is 11.3 Å². The lowest BCUT2D eigenvalue weighted by Gasteiger charge is -2.10. The summed E-state index contributed by atoms with van der Waals surface area (Å²) in [4.78, 5) is 4.90. The number of halogens is 1. The van der Waals surface area contributed by atoms with E-state index in [0.717, 1.165) is 16.9 Å². The van der Waals surface area contributed by atoms with Gasteiger partial charge in [-0.3, -0.25) is 4.72 Å². The molecule has 0 saturated carbocycles. The minimum Gasteiger partial charge on any atom is -0.276 e. The van der Waals surface area contributed by atoms with Crippen LogP contribution in [0.3, 0.4) is 0 Å². The lowest BCUT2D eigenvalue weighted by Crippen LogP contribution is -2.13. The molecule has 0 aliphatic rings. The summed E-state index contributed by atoms with van der Waals surface area (Å²) in [6, 6.07) is 5.12. The maximum Gasteiger partial charge on any atom is 0.271 e. The zero-order chi connectivity index (χ0) is 14.0. The molecule has 0 saturated heterocycles. The quantitative estimate of drug-likeness (QED) is 0.879. The number of nitrogens with zero attached hydrogens (tertiary/aromatic N) is 1. The van der Waals surface area contributed by atoms with Crippen molar-refractivity contribution in [3.05, 3.63) is 40.0 Å². The number of hydrogen-bond acceptors (Lipinski definition) is 4. The highest BCUT2D eigenvalue weighted by molar-refractivity contribution is 7.94. The molecule has 0 radical (unpaired) electrons.